The summed E-state index contributed by atoms with van der Waals surface area (Å²) in [5.74, 6) is 1.22. The fraction of sp³-hybridized carbons (Fsp3) is 0.455. The summed E-state index contributed by atoms with van der Waals surface area (Å²) in [7, 11) is 0. The second-order valence-electron chi connectivity index (χ2n) is 7.31. The Labute approximate surface area is 166 Å². The molecule has 0 saturated heterocycles. The summed E-state index contributed by atoms with van der Waals surface area (Å²) in [4.78, 5) is 32.5. The number of carbonyl (C=O) groups excluding carboxylic acids is 2. The third kappa shape index (κ3) is 6.44. The van der Waals surface area contributed by atoms with E-state index in [1.807, 2.05) is 18.2 Å². The molecule has 0 spiro atoms. The maximum Gasteiger partial charge on any atom is 0.311 e. The van der Waals surface area contributed by atoms with Crippen molar-refractivity contribution in [3.05, 3.63) is 53.6 Å². The first-order chi connectivity index (χ1) is 13.4. The molecular weight excluding hydrogens is 354 g/mol. The van der Waals surface area contributed by atoms with Crippen molar-refractivity contribution in [3.63, 3.8) is 0 Å². The molecule has 2 aromatic rings. The van der Waals surface area contributed by atoms with Crippen molar-refractivity contribution in [3.8, 4) is 5.75 Å². The highest BCUT2D eigenvalue weighted by molar-refractivity contribution is 5.82. The van der Waals surface area contributed by atoms with Crippen molar-refractivity contribution >= 4 is 11.9 Å². The summed E-state index contributed by atoms with van der Waals surface area (Å²) in [6.07, 6.45) is 4.02. The highest BCUT2D eigenvalue weighted by Gasteiger charge is 2.18. The van der Waals surface area contributed by atoms with Gasteiger partial charge in [0.1, 0.15) is 11.6 Å². The van der Waals surface area contributed by atoms with Crippen molar-refractivity contribution in [2.24, 2.45) is 0 Å². The Balaban J connectivity index is 1.86. The number of esters is 1. The molecule has 0 aliphatic rings. The fourth-order valence-electron chi connectivity index (χ4n) is 2.84. The Bertz CT molecular complexity index is 763. The molecule has 1 N–H and O–H groups in total. The van der Waals surface area contributed by atoms with Gasteiger partial charge in [-0.2, -0.15) is 0 Å². The third-order valence-electron chi connectivity index (χ3n) is 4.38. The minimum absolute atomic E-state index is 0.0393. The number of benzene rings is 1. The van der Waals surface area contributed by atoms with Crippen LogP contribution in [0, 0.1) is 0 Å². The summed E-state index contributed by atoms with van der Waals surface area (Å²) in [5, 5.41) is 2.78. The molecule has 0 radical (unpaired) electrons. The lowest BCUT2D eigenvalue weighted by Crippen LogP contribution is -2.27. The van der Waals surface area contributed by atoms with Crippen molar-refractivity contribution in [1.82, 2.24) is 15.3 Å². The van der Waals surface area contributed by atoms with E-state index in [4.69, 9.17) is 4.74 Å². The van der Waals surface area contributed by atoms with Crippen molar-refractivity contribution in [1.29, 1.82) is 0 Å². The smallest absolute Gasteiger partial charge is 0.311 e. The van der Waals surface area contributed by atoms with Crippen molar-refractivity contribution < 1.29 is 14.3 Å². The number of hydrogen-bond acceptors (Lipinski definition) is 5. The Morgan fingerprint density at radius 2 is 1.57 bits per heavy atom. The lowest BCUT2D eigenvalue weighted by molar-refractivity contribution is -0.136. The van der Waals surface area contributed by atoms with Gasteiger partial charge in [0, 0.05) is 31.8 Å². The summed E-state index contributed by atoms with van der Waals surface area (Å²) >= 11 is 0. The number of amides is 1. The van der Waals surface area contributed by atoms with Gasteiger partial charge in [-0.15, -0.1) is 0 Å². The monoisotopic (exact) mass is 383 g/mol. The van der Waals surface area contributed by atoms with Crippen LogP contribution in [0.25, 0.3) is 0 Å². The normalized spacial score (nSPS) is 10.9. The molecule has 0 unspecified atom stereocenters. The van der Waals surface area contributed by atoms with E-state index >= 15 is 0 Å². The number of nitrogens with zero attached hydrogens (tertiary/aromatic N) is 2. The van der Waals surface area contributed by atoms with Crippen LogP contribution in [-0.4, -0.2) is 28.4 Å². The van der Waals surface area contributed by atoms with Gasteiger partial charge in [-0.1, -0.05) is 45.9 Å². The second-order valence-corrected chi connectivity index (χ2v) is 7.31. The molecule has 0 saturated carbocycles. The summed E-state index contributed by atoms with van der Waals surface area (Å²) in [6.45, 7) is 8.72. The first kappa shape index (κ1) is 21.5. The molecule has 28 heavy (non-hydrogen) atoms. The van der Waals surface area contributed by atoms with E-state index in [2.05, 4.69) is 43.0 Å². The molecule has 0 aliphatic heterocycles. The molecule has 6 heteroatoms. The minimum atomic E-state index is -0.392. The number of ether oxygens (including phenoxy) is 1. The average molecular weight is 383 g/mol. The van der Waals surface area contributed by atoms with E-state index in [9.17, 15) is 9.59 Å². The van der Waals surface area contributed by atoms with Gasteiger partial charge >= 0.3 is 5.97 Å². The Morgan fingerprint density at radius 1 is 0.964 bits per heavy atom. The SMILES string of the molecule is CC(C)c1cccc(C(C)C)c1OC(=O)CCC(=O)NCCc1ncccn1. The number of carbonyl (C=O) groups is 2. The molecule has 1 heterocycles. The zero-order valence-corrected chi connectivity index (χ0v) is 17.1. The topological polar surface area (TPSA) is 81.2 Å². The summed E-state index contributed by atoms with van der Waals surface area (Å²) in [6, 6.07) is 7.71. The van der Waals surface area contributed by atoms with Crippen LogP contribution in [0.3, 0.4) is 0 Å². The first-order valence-electron chi connectivity index (χ1n) is 9.74. The highest BCUT2D eigenvalue weighted by Crippen LogP contribution is 2.34. The van der Waals surface area contributed by atoms with Gasteiger partial charge in [-0.05, 0) is 29.0 Å². The Kier molecular flexibility index (Phi) is 8.11. The van der Waals surface area contributed by atoms with Gasteiger partial charge in [0.15, 0.2) is 0 Å². The largest absolute Gasteiger partial charge is 0.426 e. The Hall–Kier alpha value is -2.76. The van der Waals surface area contributed by atoms with Gasteiger partial charge in [0.25, 0.3) is 0 Å². The molecule has 1 aromatic carbocycles. The lowest BCUT2D eigenvalue weighted by Gasteiger charge is -2.18. The molecule has 0 aliphatic carbocycles. The number of rotatable bonds is 9. The van der Waals surface area contributed by atoms with Crippen molar-refractivity contribution in [2.45, 2.75) is 58.8 Å². The van der Waals surface area contributed by atoms with Crippen LogP contribution in [-0.2, 0) is 16.0 Å². The highest BCUT2D eigenvalue weighted by atomic mass is 16.5. The average Bonchev–Trinajstić information content (AvgIpc) is 2.67. The van der Waals surface area contributed by atoms with E-state index in [1.165, 1.54) is 0 Å². The van der Waals surface area contributed by atoms with Gasteiger partial charge in [0.2, 0.25) is 5.91 Å². The molecular formula is C22H29N3O3. The van der Waals surface area contributed by atoms with Gasteiger partial charge < -0.3 is 10.1 Å². The van der Waals surface area contributed by atoms with Crippen LogP contribution in [0.4, 0.5) is 0 Å². The maximum absolute atomic E-state index is 12.3. The quantitative estimate of drug-likeness (QED) is 0.527. The molecule has 0 bridgehead atoms. The van der Waals surface area contributed by atoms with Gasteiger partial charge in [-0.25, -0.2) is 9.97 Å². The van der Waals surface area contributed by atoms with E-state index in [0.29, 0.717) is 24.5 Å². The molecule has 6 nitrogen and oxygen atoms in total. The number of para-hydroxylation sites is 1. The van der Waals surface area contributed by atoms with Crippen LogP contribution >= 0.6 is 0 Å². The minimum Gasteiger partial charge on any atom is -0.426 e. The van der Waals surface area contributed by atoms with E-state index in [-0.39, 0.29) is 30.6 Å². The van der Waals surface area contributed by atoms with Crippen LogP contribution in [0.5, 0.6) is 5.75 Å². The molecule has 150 valence electrons. The van der Waals surface area contributed by atoms with Crippen LogP contribution < -0.4 is 10.1 Å². The molecule has 0 atom stereocenters. The van der Waals surface area contributed by atoms with E-state index in [0.717, 1.165) is 11.1 Å². The standard InChI is InChI=1S/C22H29N3O3/c1-15(2)17-7-5-8-18(16(3)4)22(17)28-21(27)10-9-20(26)25-14-11-19-23-12-6-13-24-19/h5-8,12-13,15-16H,9-11,14H2,1-4H3,(H,25,26). The maximum atomic E-state index is 12.3. The zero-order chi connectivity index (χ0) is 20.5. The number of nitrogens with one attached hydrogen (secondary N) is 1. The zero-order valence-electron chi connectivity index (χ0n) is 17.1. The molecule has 1 aromatic heterocycles. The third-order valence-corrected chi connectivity index (χ3v) is 4.38. The predicted octanol–water partition coefficient (Wildman–Crippen LogP) is 3.77. The molecule has 2 rings (SSSR count). The molecule has 1 amide bonds. The summed E-state index contributed by atoms with van der Waals surface area (Å²) in [5.41, 5.74) is 2.01. The van der Waals surface area contributed by atoms with E-state index in [1.54, 1.807) is 18.5 Å². The van der Waals surface area contributed by atoms with Crippen LogP contribution in [0.2, 0.25) is 0 Å². The first-order valence-corrected chi connectivity index (χ1v) is 9.74. The van der Waals surface area contributed by atoms with E-state index < -0.39 is 5.97 Å². The second kappa shape index (κ2) is 10.5. The number of hydrogen-bond donors (Lipinski definition) is 1. The van der Waals surface area contributed by atoms with Crippen LogP contribution in [0.1, 0.15) is 69.3 Å². The summed E-state index contributed by atoms with van der Waals surface area (Å²) < 4.78 is 5.68. The predicted molar refractivity (Wildman–Crippen MR) is 108 cm³/mol. The van der Waals surface area contributed by atoms with Gasteiger partial charge in [-0.3, -0.25) is 9.59 Å². The molecule has 0 fully saturated rings. The van der Waals surface area contributed by atoms with Crippen LogP contribution in [0.15, 0.2) is 36.7 Å². The van der Waals surface area contributed by atoms with Gasteiger partial charge in [0.05, 0.1) is 6.42 Å². The number of aromatic nitrogens is 2. The fourth-order valence-corrected chi connectivity index (χ4v) is 2.84. The van der Waals surface area contributed by atoms with Crippen molar-refractivity contribution in [2.75, 3.05) is 6.54 Å². The lowest BCUT2D eigenvalue weighted by atomic mass is 9.94. The Morgan fingerprint density at radius 3 is 2.14 bits per heavy atom.